The van der Waals surface area contributed by atoms with Gasteiger partial charge >= 0.3 is 17.9 Å². The fourth-order valence-electron chi connectivity index (χ4n) is 3.31. The molecule has 0 saturated heterocycles. The van der Waals surface area contributed by atoms with Crippen LogP contribution in [0.25, 0.3) is 11.2 Å². The summed E-state index contributed by atoms with van der Waals surface area (Å²) in [6, 6.07) is 5.84. The van der Waals surface area contributed by atoms with E-state index in [9.17, 15) is 19.2 Å². The molecule has 0 aromatic carbocycles. The molecule has 2 rings (SSSR count). The van der Waals surface area contributed by atoms with E-state index in [0.29, 0.717) is 19.4 Å². The molecular formula is C26H34N7O8Tc-. The molecule has 1 atom stereocenters. The van der Waals surface area contributed by atoms with E-state index in [4.69, 9.17) is 25.6 Å². The predicted molar refractivity (Wildman–Crippen MR) is 147 cm³/mol. The summed E-state index contributed by atoms with van der Waals surface area (Å²) in [4.78, 5) is 53.6. The van der Waals surface area contributed by atoms with E-state index in [2.05, 4.69) is 32.3 Å². The summed E-state index contributed by atoms with van der Waals surface area (Å²) in [7, 11) is 1.28. The van der Waals surface area contributed by atoms with Crippen molar-refractivity contribution in [1.29, 1.82) is 0 Å². The Hall–Kier alpha value is -4.11. The van der Waals surface area contributed by atoms with Crippen LogP contribution in [0.4, 0.5) is 5.82 Å². The molecule has 2 aromatic rings. The third-order valence-corrected chi connectivity index (χ3v) is 5.31. The first-order chi connectivity index (χ1) is 19.6. The Labute approximate surface area is 256 Å². The molecule has 229 valence electrons. The SMILES string of the molecule is C=C(NCCCCC(NC(=O)c1ccc(N=[N-])nc1)C(=O)OC)c1cccnc1.O=C(O)CN(CCO)CC(=O)O.[Tc]. The molecule has 1 amide bonds. The fraction of sp³-hybridized carbons (Fsp3) is 0.385. The van der Waals surface area contributed by atoms with Gasteiger partial charge in [0.05, 0.1) is 32.4 Å². The van der Waals surface area contributed by atoms with Gasteiger partial charge in [0.15, 0.2) is 0 Å². The van der Waals surface area contributed by atoms with Crippen LogP contribution in [0.3, 0.4) is 0 Å². The molecule has 1 radical (unpaired) electrons. The van der Waals surface area contributed by atoms with Gasteiger partial charge in [-0.15, -0.1) is 0 Å². The Morgan fingerprint density at radius 1 is 1.10 bits per heavy atom. The number of carbonyl (C=O) groups is 4. The average Bonchev–Trinajstić information content (AvgIpc) is 2.96. The molecule has 0 aliphatic rings. The van der Waals surface area contributed by atoms with Crippen molar-refractivity contribution in [3.05, 3.63) is 66.1 Å². The molecule has 0 spiro atoms. The van der Waals surface area contributed by atoms with Gasteiger partial charge in [-0.05, 0) is 43.5 Å². The molecule has 0 bridgehead atoms. The summed E-state index contributed by atoms with van der Waals surface area (Å²) < 4.78 is 4.78. The Bertz CT molecular complexity index is 1140. The zero-order chi connectivity index (χ0) is 30.6. The minimum absolute atomic E-state index is 0. The number of aliphatic hydroxyl groups excluding tert-OH is 1. The van der Waals surface area contributed by atoms with Crippen molar-refractivity contribution < 1.29 is 59.3 Å². The molecule has 0 aliphatic carbocycles. The monoisotopic (exact) mass is 669 g/mol. The Kier molecular flexibility index (Phi) is 19.5. The molecule has 2 aromatic heterocycles. The van der Waals surface area contributed by atoms with Crippen LogP contribution in [0.2, 0.25) is 0 Å². The Morgan fingerprint density at radius 3 is 2.29 bits per heavy atom. The molecule has 0 aliphatic heterocycles. The third-order valence-electron chi connectivity index (χ3n) is 5.31. The summed E-state index contributed by atoms with van der Waals surface area (Å²) in [5.74, 6) is -3.10. The van der Waals surface area contributed by atoms with Crippen molar-refractivity contribution in [2.75, 3.05) is 39.9 Å². The number of aromatic nitrogens is 2. The molecule has 0 saturated carbocycles. The van der Waals surface area contributed by atoms with Gasteiger partial charge in [-0.2, -0.15) is 0 Å². The number of unbranched alkanes of at least 4 members (excludes halogenated alkanes) is 1. The summed E-state index contributed by atoms with van der Waals surface area (Å²) in [6.45, 7) is 3.71. The number of ether oxygens (including phenoxy) is 1. The molecule has 1 unspecified atom stereocenters. The van der Waals surface area contributed by atoms with Gasteiger partial charge in [-0.3, -0.25) is 24.3 Å². The second-order valence-corrected chi connectivity index (χ2v) is 8.42. The van der Waals surface area contributed by atoms with Gasteiger partial charge in [-0.1, -0.05) is 6.58 Å². The average molecular weight is 671 g/mol. The second kappa shape index (κ2) is 21.6. The quantitative estimate of drug-likeness (QED) is 0.0912. The number of carbonyl (C=O) groups excluding carboxylic acids is 2. The summed E-state index contributed by atoms with van der Waals surface area (Å²) in [5.41, 5.74) is 10.6. The Balaban J connectivity index is 0.00000110. The van der Waals surface area contributed by atoms with Crippen molar-refractivity contribution in [3.8, 4) is 0 Å². The normalized spacial score (nSPS) is 10.6. The molecule has 5 N–H and O–H groups in total. The first-order valence-corrected chi connectivity index (χ1v) is 12.4. The number of aliphatic hydroxyl groups is 1. The number of esters is 1. The number of methoxy groups -OCH3 is 1. The number of rotatable bonds is 17. The van der Waals surface area contributed by atoms with Crippen molar-refractivity contribution in [3.63, 3.8) is 0 Å². The number of carboxylic acid groups (broad SMARTS) is 2. The first kappa shape index (κ1) is 37.9. The van der Waals surface area contributed by atoms with E-state index in [1.807, 2.05) is 12.1 Å². The number of hydrogen-bond donors (Lipinski definition) is 5. The third kappa shape index (κ3) is 15.6. The van der Waals surface area contributed by atoms with E-state index in [-0.39, 0.29) is 57.7 Å². The predicted octanol–water partition coefficient (Wildman–Crippen LogP) is 1.28. The number of hydrogen-bond acceptors (Lipinski definition) is 11. The molecule has 15 nitrogen and oxygen atoms in total. The number of amides is 1. The van der Waals surface area contributed by atoms with Crippen LogP contribution in [0, 0.1) is 0 Å². The van der Waals surface area contributed by atoms with Crippen molar-refractivity contribution >= 4 is 35.3 Å². The van der Waals surface area contributed by atoms with E-state index < -0.39 is 29.9 Å². The van der Waals surface area contributed by atoms with Gasteiger partial charge in [0.2, 0.25) is 0 Å². The Morgan fingerprint density at radius 2 is 1.79 bits per heavy atom. The smallest absolute Gasteiger partial charge is 0.328 e. The van der Waals surface area contributed by atoms with Gasteiger partial charge in [0.25, 0.3) is 5.91 Å². The molecular weight excluding hydrogens is 636 g/mol. The fourth-order valence-corrected chi connectivity index (χ4v) is 3.31. The van der Waals surface area contributed by atoms with Gasteiger partial charge in [0, 0.05) is 63.0 Å². The number of nitrogens with zero attached hydrogens (tertiary/aromatic N) is 5. The van der Waals surface area contributed by atoms with Crippen LogP contribution in [0.15, 0.2) is 54.5 Å². The first-order valence-electron chi connectivity index (χ1n) is 12.4. The summed E-state index contributed by atoms with van der Waals surface area (Å²) in [6.07, 6.45) is 6.59. The van der Waals surface area contributed by atoms with E-state index in [0.717, 1.165) is 22.6 Å². The van der Waals surface area contributed by atoms with E-state index in [1.54, 1.807) is 12.4 Å². The van der Waals surface area contributed by atoms with Gasteiger partial charge in [0.1, 0.15) is 11.9 Å². The minimum Gasteiger partial charge on any atom is -0.705 e. The summed E-state index contributed by atoms with van der Waals surface area (Å²) >= 11 is 0. The largest absolute Gasteiger partial charge is 0.705 e. The van der Waals surface area contributed by atoms with Crippen LogP contribution in [0.5, 0.6) is 0 Å². The van der Waals surface area contributed by atoms with Crippen LogP contribution >= 0.6 is 0 Å². The second-order valence-electron chi connectivity index (χ2n) is 8.42. The molecule has 16 heteroatoms. The van der Waals surface area contributed by atoms with E-state index >= 15 is 0 Å². The maximum absolute atomic E-state index is 12.3. The zero-order valence-electron chi connectivity index (χ0n) is 23.0. The maximum Gasteiger partial charge on any atom is 0.328 e. The molecule has 0 fully saturated rings. The minimum atomic E-state index is -1.11. The molecule has 42 heavy (non-hydrogen) atoms. The number of nitrogens with one attached hydrogen (secondary N) is 2. The van der Waals surface area contributed by atoms with Crippen LogP contribution in [-0.2, 0) is 39.2 Å². The standard InChI is InChI=1S/C20H23N6O3.C6H11NO5.Tc/c1-14(15-6-5-10-22-12-15)23-11-4-3-7-17(20(28)29-2)25-19(27)16-8-9-18(26-21)24-13-16;8-2-1-7(3-5(9)10)4-6(11)12;/h5-6,8-10,12-13,17,23H,1,3-4,7,11H2,2H3,(H,25,27);8H,1-4H2,(H,9,10)(H,11,12);/q-1;;. The number of carboxylic acids is 2. The van der Waals surface area contributed by atoms with E-state index in [1.165, 1.54) is 25.4 Å². The summed E-state index contributed by atoms with van der Waals surface area (Å²) in [5, 5.41) is 33.9. The van der Waals surface area contributed by atoms with Gasteiger partial charge in [-0.25, -0.2) is 9.78 Å². The van der Waals surface area contributed by atoms with Crippen molar-refractivity contribution in [2.24, 2.45) is 5.11 Å². The number of aliphatic carboxylic acids is 2. The maximum atomic E-state index is 12.3. The molecule has 2 heterocycles. The zero-order valence-corrected chi connectivity index (χ0v) is 24.8. The van der Waals surface area contributed by atoms with Crippen molar-refractivity contribution in [2.45, 2.75) is 25.3 Å². The van der Waals surface area contributed by atoms with Crippen LogP contribution in [0.1, 0.15) is 35.2 Å². The van der Waals surface area contributed by atoms with Crippen LogP contribution < -0.4 is 10.6 Å². The topological polar surface area (TPSA) is 226 Å². The van der Waals surface area contributed by atoms with Crippen LogP contribution in [-0.4, -0.2) is 99.9 Å². The van der Waals surface area contributed by atoms with Crippen molar-refractivity contribution in [1.82, 2.24) is 25.5 Å². The van der Waals surface area contributed by atoms with Gasteiger partial charge < -0.3 is 41.3 Å². The number of pyridine rings is 2.